The van der Waals surface area contributed by atoms with E-state index in [4.69, 9.17) is 16.6 Å². The molecule has 4 aromatic heterocycles. The molecule has 2 N–H and O–H groups in total. The summed E-state index contributed by atoms with van der Waals surface area (Å²) in [6, 6.07) is 7.73. The third-order valence-corrected chi connectivity index (χ3v) is 6.84. The Bertz CT molecular complexity index is 1580. The number of aromatic amines is 1. The molecular formula is C25H23ClN10O. The zero-order valence-electron chi connectivity index (χ0n) is 20.0. The zero-order chi connectivity index (χ0) is 25.4. The van der Waals surface area contributed by atoms with Gasteiger partial charge in [-0.1, -0.05) is 11.6 Å². The predicted octanol–water partition coefficient (Wildman–Crippen LogP) is 3.48. The first-order valence-electron chi connectivity index (χ1n) is 11.9. The number of pyridine rings is 1. The fourth-order valence-corrected chi connectivity index (χ4v) is 4.77. The number of carbonyl (C=O) groups is 1. The lowest BCUT2D eigenvalue weighted by molar-refractivity contribution is 0.0740. The second-order valence-electron chi connectivity index (χ2n) is 8.76. The second kappa shape index (κ2) is 9.58. The molecule has 1 atom stereocenters. The van der Waals surface area contributed by atoms with Crippen molar-refractivity contribution in [2.75, 3.05) is 36.4 Å². The highest BCUT2D eigenvalue weighted by molar-refractivity contribution is 6.35. The van der Waals surface area contributed by atoms with Crippen molar-refractivity contribution in [3.63, 3.8) is 0 Å². The molecule has 12 heteroatoms. The van der Waals surface area contributed by atoms with Gasteiger partial charge in [-0.05, 0) is 31.2 Å². The highest BCUT2D eigenvalue weighted by atomic mass is 35.5. The molecule has 0 saturated carbocycles. The molecule has 6 rings (SSSR count). The molecule has 1 aliphatic rings. The Morgan fingerprint density at radius 1 is 1.05 bits per heavy atom. The molecule has 0 aliphatic carbocycles. The van der Waals surface area contributed by atoms with Gasteiger partial charge in [-0.15, -0.1) is 0 Å². The van der Waals surface area contributed by atoms with Crippen molar-refractivity contribution in [2.45, 2.75) is 13.0 Å². The maximum absolute atomic E-state index is 12.8. The Balaban J connectivity index is 1.25. The number of nitrogens with one attached hydrogen (secondary N) is 2. The number of imidazole rings is 1. The summed E-state index contributed by atoms with van der Waals surface area (Å²) in [6.07, 6.45) is 7.67. The SMILES string of the molecule is CC(Nc1ncnc2nc[nH]c12)c1ccc2c(Cl)ccc(N3CCN(C(=O)c4cnccn4)CC3)c2n1. The molecule has 1 fully saturated rings. The normalized spacial score (nSPS) is 14.8. The first kappa shape index (κ1) is 23.0. The van der Waals surface area contributed by atoms with E-state index < -0.39 is 0 Å². The number of anilines is 2. The summed E-state index contributed by atoms with van der Waals surface area (Å²) in [5.41, 5.74) is 4.35. The maximum Gasteiger partial charge on any atom is 0.274 e. The number of hydrogen-bond donors (Lipinski definition) is 2. The predicted molar refractivity (Wildman–Crippen MR) is 141 cm³/mol. The van der Waals surface area contributed by atoms with Crippen LogP contribution in [0, 0.1) is 0 Å². The number of hydrogen-bond acceptors (Lipinski definition) is 9. The van der Waals surface area contributed by atoms with Crippen LogP contribution in [0.15, 0.2) is 55.5 Å². The average molecular weight is 515 g/mol. The highest BCUT2D eigenvalue weighted by Gasteiger charge is 2.25. The van der Waals surface area contributed by atoms with E-state index >= 15 is 0 Å². The van der Waals surface area contributed by atoms with Crippen LogP contribution in [0.4, 0.5) is 11.5 Å². The van der Waals surface area contributed by atoms with Crippen molar-refractivity contribution in [3.05, 3.63) is 71.9 Å². The lowest BCUT2D eigenvalue weighted by Gasteiger charge is -2.36. The van der Waals surface area contributed by atoms with Gasteiger partial charge in [0.2, 0.25) is 0 Å². The standard InChI is InChI=1S/C25H23ClN10O/c1-15(33-24-22-23(30-13-29-22)31-14-32-24)18-4-2-16-17(26)3-5-20(21(16)34-18)35-8-10-36(11-9-35)25(37)19-12-27-6-7-28-19/h2-7,12-15H,8-11H2,1H3,(H2,29,30,31,32,33). The number of aromatic nitrogens is 7. The van der Waals surface area contributed by atoms with E-state index in [1.54, 1.807) is 17.4 Å². The van der Waals surface area contributed by atoms with Crippen LogP contribution < -0.4 is 10.2 Å². The van der Waals surface area contributed by atoms with Crippen LogP contribution in [0.25, 0.3) is 22.1 Å². The van der Waals surface area contributed by atoms with Crippen LogP contribution in [0.1, 0.15) is 29.1 Å². The van der Waals surface area contributed by atoms with Gasteiger partial charge in [0.15, 0.2) is 11.5 Å². The van der Waals surface area contributed by atoms with Crippen molar-refractivity contribution in [3.8, 4) is 0 Å². The molecule has 37 heavy (non-hydrogen) atoms. The number of rotatable bonds is 5. The van der Waals surface area contributed by atoms with E-state index in [-0.39, 0.29) is 11.9 Å². The molecule has 1 amide bonds. The van der Waals surface area contributed by atoms with Gasteiger partial charge in [0.25, 0.3) is 5.91 Å². The van der Waals surface area contributed by atoms with Gasteiger partial charge in [-0.2, -0.15) is 0 Å². The Morgan fingerprint density at radius 3 is 2.73 bits per heavy atom. The molecule has 1 saturated heterocycles. The van der Waals surface area contributed by atoms with Crippen molar-refractivity contribution < 1.29 is 4.79 Å². The van der Waals surface area contributed by atoms with Gasteiger partial charge in [0.05, 0.1) is 40.5 Å². The van der Waals surface area contributed by atoms with Gasteiger partial charge in [0, 0.05) is 44.0 Å². The smallest absolute Gasteiger partial charge is 0.274 e. The van der Waals surface area contributed by atoms with Crippen molar-refractivity contribution in [2.24, 2.45) is 0 Å². The Kier molecular flexibility index (Phi) is 5.97. The van der Waals surface area contributed by atoms with Crippen molar-refractivity contribution in [1.82, 2.24) is 39.8 Å². The molecule has 1 unspecified atom stereocenters. The van der Waals surface area contributed by atoms with Gasteiger partial charge in [-0.3, -0.25) is 9.78 Å². The molecule has 0 spiro atoms. The van der Waals surface area contributed by atoms with E-state index in [0.29, 0.717) is 48.4 Å². The fourth-order valence-electron chi connectivity index (χ4n) is 4.55. The minimum Gasteiger partial charge on any atom is -0.366 e. The zero-order valence-corrected chi connectivity index (χ0v) is 20.7. The molecule has 5 heterocycles. The minimum atomic E-state index is -0.140. The van der Waals surface area contributed by atoms with Crippen molar-refractivity contribution in [1.29, 1.82) is 0 Å². The molecule has 0 radical (unpaired) electrons. The molecule has 5 aromatic rings. The second-order valence-corrected chi connectivity index (χ2v) is 9.17. The third kappa shape index (κ3) is 4.38. The summed E-state index contributed by atoms with van der Waals surface area (Å²) in [6.45, 7) is 4.51. The summed E-state index contributed by atoms with van der Waals surface area (Å²) >= 11 is 6.55. The molecule has 1 aliphatic heterocycles. The van der Waals surface area contributed by atoms with E-state index in [0.717, 1.165) is 27.8 Å². The third-order valence-electron chi connectivity index (χ3n) is 6.51. The largest absolute Gasteiger partial charge is 0.366 e. The number of H-pyrrole nitrogens is 1. The first-order valence-corrected chi connectivity index (χ1v) is 12.3. The van der Waals surface area contributed by atoms with Gasteiger partial charge in [0.1, 0.15) is 17.5 Å². The summed E-state index contributed by atoms with van der Waals surface area (Å²) in [5, 5.41) is 4.94. The first-order chi connectivity index (χ1) is 18.1. The fraction of sp³-hybridized carbons (Fsp3) is 0.240. The van der Waals surface area contributed by atoms with Gasteiger partial charge < -0.3 is 20.1 Å². The highest BCUT2D eigenvalue weighted by Crippen LogP contribution is 2.33. The molecule has 1 aromatic carbocycles. The topological polar surface area (TPSA) is 129 Å². The maximum atomic E-state index is 12.8. The summed E-state index contributed by atoms with van der Waals surface area (Å²) in [5.74, 6) is 0.553. The molecular weight excluding hydrogens is 492 g/mol. The van der Waals surface area contributed by atoms with E-state index in [2.05, 4.69) is 40.1 Å². The van der Waals surface area contributed by atoms with Gasteiger partial charge in [-0.25, -0.2) is 24.9 Å². The number of fused-ring (bicyclic) bond motifs is 2. The minimum absolute atomic E-state index is 0.106. The molecule has 11 nitrogen and oxygen atoms in total. The number of amides is 1. The van der Waals surface area contributed by atoms with E-state index in [1.165, 1.54) is 18.7 Å². The van der Waals surface area contributed by atoms with Crippen LogP contribution >= 0.6 is 11.6 Å². The van der Waals surface area contributed by atoms with Crippen LogP contribution in [0.2, 0.25) is 5.02 Å². The monoisotopic (exact) mass is 514 g/mol. The average Bonchev–Trinajstić information content (AvgIpc) is 3.43. The van der Waals surface area contributed by atoms with Crippen LogP contribution in [0.3, 0.4) is 0 Å². The van der Waals surface area contributed by atoms with Gasteiger partial charge >= 0.3 is 0 Å². The summed E-state index contributed by atoms with van der Waals surface area (Å²) < 4.78 is 0. The Labute approximate surface area is 217 Å². The quantitative estimate of drug-likeness (QED) is 0.362. The summed E-state index contributed by atoms with van der Waals surface area (Å²) in [4.78, 5) is 45.8. The van der Waals surface area contributed by atoms with Crippen LogP contribution in [-0.4, -0.2) is 71.9 Å². The van der Waals surface area contributed by atoms with Crippen LogP contribution in [-0.2, 0) is 0 Å². The number of nitrogens with zero attached hydrogens (tertiary/aromatic N) is 8. The number of carbonyl (C=O) groups excluding carboxylic acids is 1. The lowest BCUT2D eigenvalue weighted by atomic mass is 10.1. The lowest BCUT2D eigenvalue weighted by Crippen LogP contribution is -2.49. The van der Waals surface area contributed by atoms with E-state index in [9.17, 15) is 4.79 Å². The van der Waals surface area contributed by atoms with Crippen molar-refractivity contribution >= 4 is 51.1 Å². The summed E-state index contributed by atoms with van der Waals surface area (Å²) in [7, 11) is 0. The molecule has 186 valence electrons. The Morgan fingerprint density at radius 2 is 1.92 bits per heavy atom. The number of piperazine rings is 1. The Hall–Kier alpha value is -4.38. The number of benzene rings is 1. The number of halogens is 1. The molecule has 0 bridgehead atoms. The van der Waals surface area contributed by atoms with E-state index in [1.807, 2.05) is 31.2 Å². The van der Waals surface area contributed by atoms with Crippen LogP contribution in [0.5, 0.6) is 0 Å².